The van der Waals surface area contributed by atoms with Crippen molar-refractivity contribution in [3.63, 3.8) is 0 Å². The first-order valence-corrected chi connectivity index (χ1v) is 5.87. The van der Waals surface area contributed by atoms with E-state index in [0.717, 1.165) is 5.56 Å². The molecule has 0 saturated heterocycles. The SMILES string of the molecule is O=C(O)CC(F)(F)Cc1ccc2c(c1)CCC(=O)N2. The molecule has 0 unspecified atom stereocenters. The summed E-state index contributed by atoms with van der Waals surface area (Å²) >= 11 is 0. The van der Waals surface area contributed by atoms with Crippen molar-refractivity contribution < 1.29 is 23.5 Å². The van der Waals surface area contributed by atoms with Crippen molar-refractivity contribution in [3.8, 4) is 0 Å². The average Bonchev–Trinajstić information content (AvgIpc) is 2.27. The predicted molar refractivity (Wildman–Crippen MR) is 64.3 cm³/mol. The summed E-state index contributed by atoms with van der Waals surface area (Å²) in [6, 6.07) is 4.67. The highest BCUT2D eigenvalue weighted by Gasteiger charge is 2.32. The molecule has 1 aromatic carbocycles. The van der Waals surface area contributed by atoms with E-state index in [1.54, 1.807) is 12.1 Å². The quantitative estimate of drug-likeness (QED) is 0.880. The maximum absolute atomic E-state index is 13.4. The number of halogens is 2. The molecular formula is C13H13F2NO3. The molecule has 0 aliphatic carbocycles. The molecule has 1 aromatic rings. The van der Waals surface area contributed by atoms with Crippen molar-refractivity contribution in [2.75, 3.05) is 5.32 Å². The zero-order chi connectivity index (χ0) is 14.0. The highest BCUT2D eigenvalue weighted by atomic mass is 19.3. The minimum absolute atomic E-state index is 0.0866. The molecule has 4 nitrogen and oxygen atoms in total. The van der Waals surface area contributed by atoms with E-state index in [9.17, 15) is 18.4 Å². The minimum Gasteiger partial charge on any atom is -0.481 e. The van der Waals surface area contributed by atoms with Crippen LogP contribution in [0.4, 0.5) is 14.5 Å². The number of carbonyl (C=O) groups excluding carboxylic acids is 1. The first-order chi connectivity index (χ1) is 8.85. The smallest absolute Gasteiger partial charge is 0.309 e. The number of nitrogens with one attached hydrogen (secondary N) is 1. The van der Waals surface area contributed by atoms with Crippen LogP contribution in [0.1, 0.15) is 24.0 Å². The Kier molecular flexibility index (Phi) is 3.50. The van der Waals surface area contributed by atoms with Gasteiger partial charge in [-0.2, -0.15) is 0 Å². The van der Waals surface area contributed by atoms with Crippen molar-refractivity contribution in [1.82, 2.24) is 0 Å². The molecule has 0 aromatic heterocycles. The summed E-state index contributed by atoms with van der Waals surface area (Å²) in [5.41, 5.74) is 1.82. The minimum atomic E-state index is -3.27. The molecule has 0 atom stereocenters. The van der Waals surface area contributed by atoms with Crippen LogP contribution in [0.15, 0.2) is 18.2 Å². The van der Waals surface area contributed by atoms with E-state index in [4.69, 9.17) is 5.11 Å². The third-order valence-electron chi connectivity index (χ3n) is 2.94. The zero-order valence-electron chi connectivity index (χ0n) is 10.1. The van der Waals surface area contributed by atoms with Gasteiger partial charge in [0.25, 0.3) is 5.92 Å². The van der Waals surface area contributed by atoms with Crippen LogP contribution < -0.4 is 5.32 Å². The Morgan fingerprint density at radius 1 is 1.37 bits per heavy atom. The van der Waals surface area contributed by atoms with Gasteiger partial charge in [-0.15, -0.1) is 0 Å². The van der Waals surface area contributed by atoms with Crippen LogP contribution in [0.25, 0.3) is 0 Å². The fourth-order valence-corrected chi connectivity index (χ4v) is 2.13. The van der Waals surface area contributed by atoms with Crippen LogP contribution in [-0.2, 0) is 22.4 Å². The van der Waals surface area contributed by atoms with Crippen LogP contribution in [0, 0.1) is 0 Å². The molecule has 1 amide bonds. The lowest BCUT2D eigenvalue weighted by Gasteiger charge is -2.19. The first kappa shape index (κ1) is 13.5. The number of carboxylic acid groups (broad SMARTS) is 1. The zero-order valence-corrected chi connectivity index (χ0v) is 10.1. The normalized spacial score (nSPS) is 14.7. The van der Waals surface area contributed by atoms with Gasteiger partial charge in [0.2, 0.25) is 5.91 Å². The number of benzene rings is 1. The lowest BCUT2D eigenvalue weighted by molar-refractivity contribution is -0.144. The van der Waals surface area contributed by atoms with E-state index in [0.29, 0.717) is 24.1 Å². The second-order valence-corrected chi connectivity index (χ2v) is 4.64. The molecule has 0 spiro atoms. The van der Waals surface area contributed by atoms with Crippen molar-refractivity contribution in [2.24, 2.45) is 0 Å². The Morgan fingerprint density at radius 3 is 2.79 bits per heavy atom. The number of carbonyl (C=O) groups is 2. The number of alkyl halides is 2. The third kappa shape index (κ3) is 3.49. The summed E-state index contributed by atoms with van der Waals surface area (Å²) in [6.45, 7) is 0. The van der Waals surface area contributed by atoms with E-state index in [1.165, 1.54) is 6.07 Å². The summed E-state index contributed by atoms with van der Waals surface area (Å²) in [5.74, 6) is -4.87. The Labute approximate surface area is 108 Å². The van der Waals surface area contributed by atoms with Crippen LogP contribution in [-0.4, -0.2) is 22.9 Å². The molecule has 1 heterocycles. The number of hydrogen-bond donors (Lipinski definition) is 2. The molecule has 0 fully saturated rings. The van der Waals surface area contributed by atoms with Gasteiger partial charge in [0, 0.05) is 18.5 Å². The molecule has 0 saturated carbocycles. The number of fused-ring (bicyclic) bond motifs is 1. The molecule has 1 aliphatic heterocycles. The average molecular weight is 269 g/mol. The maximum Gasteiger partial charge on any atom is 0.309 e. The first-order valence-electron chi connectivity index (χ1n) is 5.87. The highest BCUT2D eigenvalue weighted by Crippen LogP contribution is 2.28. The summed E-state index contributed by atoms with van der Waals surface area (Å²) in [6.07, 6.45) is -0.942. The van der Waals surface area contributed by atoms with Gasteiger partial charge in [0.05, 0.1) is 0 Å². The van der Waals surface area contributed by atoms with Gasteiger partial charge in [0.15, 0.2) is 0 Å². The fraction of sp³-hybridized carbons (Fsp3) is 0.385. The molecule has 2 N–H and O–H groups in total. The van der Waals surface area contributed by atoms with Crippen LogP contribution in [0.5, 0.6) is 0 Å². The maximum atomic E-state index is 13.4. The van der Waals surface area contributed by atoms with Gasteiger partial charge >= 0.3 is 5.97 Å². The second-order valence-electron chi connectivity index (χ2n) is 4.64. The van der Waals surface area contributed by atoms with Gasteiger partial charge in [-0.3, -0.25) is 9.59 Å². The topological polar surface area (TPSA) is 66.4 Å². The Balaban J connectivity index is 2.14. The van der Waals surface area contributed by atoms with Crippen molar-refractivity contribution in [3.05, 3.63) is 29.3 Å². The van der Waals surface area contributed by atoms with E-state index in [-0.39, 0.29) is 5.91 Å². The molecule has 1 aliphatic rings. The number of amides is 1. The third-order valence-corrected chi connectivity index (χ3v) is 2.94. The number of carboxylic acids is 1. The number of rotatable bonds is 4. The van der Waals surface area contributed by atoms with E-state index in [1.807, 2.05) is 0 Å². The van der Waals surface area contributed by atoms with Crippen molar-refractivity contribution >= 4 is 17.6 Å². The number of hydrogen-bond acceptors (Lipinski definition) is 2. The van der Waals surface area contributed by atoms with Gasteiger partial charge in [-0.25, -0.2) is 8.78 Å². The fourth-order valence-electron chi connectivity index (χ4n) is 2.13. The van der Waals surface area contributed by atoms with Crippen LogP contribution in [0.3, 0.4) is 0 Å². The van der Waals surface area contributed by atoms with Crippen LogP contribution in [0.2, 0.25) is 0 Å². The van der Waals surface area contributed by atoms with E-state index >= 15 is 0 Å². The Bertz CT molecular complexity index is 529. The largest absolute Gasteiger partial charge is 0.481 e. The number of anilines is 1. The summed E-state index contributed by atoms with van der Waals surface area (Å²) in [4.78, 5) is 21.5. The van der Waals surface area contributed by atoms with E-state index < -0.39 is 24.7 Å². The summed E-state index contributed by atoms with van der Waals surface area (Å²) < 4.78 is 26.8. The van der Waals surface area contributed by atoms with Crippen molar-refractivity contribution in [2.45, 2.75) is 31.6 Å². The van der Waals surface area contributed by atoms with Gasteiger partial charge in [-0.05, 0) is 23.6 Å². The van der Waals surface area contributed by atoms with Gasteiger partial charge in [-0.1, -0.05) is 12.1 Å². The number of aryl methyl sites for hydroxylation is 1. The monoisotopic (exact) mass is 269 g/mol. The van der Waals surface area contributed by atoms with Gasteiger partial charge < -0.3 is 10.4 Å². The molecule has 0 bridgehead atoms. The molecule has 0 radical (unpaired) electrons. The second kappa shape index (κ2) is 4.95. The Hall–Kier alpha value is -1.98. The highest BCUT2D eigenvalue weighted by molar-refractivity contribution is 5.93. The Morgan fingerprint density at radius 2 is 2.11 bits per heavy atom. The molecular weight excluding hydrogens is 256 g/mol. The molecule has 6 heteroatoms. The van der Waals surface area contributed by atoms with Crippen LogP contribution >= 0.6 is 0 Å². The number of aliphatic carboxylic acids is 1. The summed E-state index contributed by atoms with van der Waals surface area (Å²) in [7, 11) is 0. The van der Waals surface area contributed by atoms with Gasteiger partial charge in [0.1, 0.15) is 6.42 Å². The van der Waals surface area contributed by atoms with Crippen molar-refractivity contribution in [1.29, 1.82) is 0 Å². The molecule has 102 valence electrons. The lowest BCUT2D eigenvalue weighted by atomic mass is 9.97. The molecule has 2 rings (SSSR count). The summed E-state index contributed by atoms with van der Waals surface area (Å²) in [5, 5.41) is 11.1. The lowest BCUT2D eigenvalue weighted by Crippen LogP contribution is -2.24. The van der Waals surface area contributed by atoms with E-state index in [2.05, 4.69) is 5.32 Å². The standard InChI is InChI=1S/C13H13F2NO3/c14-13(15,7-12(18)19)6-8-1-3-10-9(5-8)2-4-11(17)16-10/h1,3,5H,2,4,6-7H2,(H,16,17)(H,18,19). The molecule has 19 heavy (non-hydrogen) atoms. The predicted octanol–water partition coefficient (Wildman–Crippen LogP) is 2.22.